The maximum atomic E-state index is 2.52. The summed E-state index contributed by atoms with van der Waals surface area (Å²) >= 11 is 0. The van der Waals surface area contributed by atoms with Gasteiger partial charge in [0.25, 0.3) is 0 Å². The summed E-state index contributed by atoms with van der Waals surface area (Å²) in [5.41, 5.74) is 4.29. The Hall–Kier alpha value is -1.07. The molecule has 0 fully saturated rings. The molecule has 0 bridgehead atoms. The molecule has 0 spiro atoms. The third-order valence-electron chi connectivity index (χ3n) is 3.95. The van der Waals surface area contributed by atoms with E-state index < -0.39 is 0 Å². The molecule has 0 aromatic heterocycles. The van der Waals surface area contributed by atoms with Crippen LogP contribution in [0.4, 0.5) is 11.4 Å². The molecule has 106 valence electrons. The Morgan fingerprint density at radius 2 is 1.70 bits per heavy atom. The molecule has 2 nitrogen and oxygen atoms in total. The van der Waals surface area contributed by atoms with E-state index in [0.29, 0.717) is 0 Å². The van der Waals surface area contributed by atoms with Crippen molar-refractivity contribution in [1.29, 1.82) is 0 Å². The molecule has 0 radical (unpaired) electrons. The van der Waals surface area contributed by atoms with Crippen molar-refractivity contribution in [3.63, 3.8) is 0 Å². The first-order chi connectivity index (χ1) is 9.38. The van der Waals surface area contributed by atoms with Crippen LogP contribution in [0.25, 0.3) is 0 Å². The summed E-state index contributed by atoms with van der Waals surface area (Å²) in [5.74, 6) is 0. The van der Waals surface area contributed by atoms with E-state index in [1.165, 1.54) is 16.9 Å². The summed E-state index contributed by atoms with van der Waals surface area (Å²) < 4.78 is 0. The molecule has 2 aromatic rings. The van der Waals surface area contributed by atoms with Gasteiger partial charge >= 0.3 is 0 Å². The van der Waals surface area contributed by atoms with Crippen molar-refractivity contribution < 1.29 is 28.9 Å². The topological polar surface area (TPSA) is 7.68 Å². The summed E-state index contributed by atoms with van der Waals surface area (Å²) in [6.07, 6.45) is 1.12. The third kappa shape index (κ3) is 3.15. The van der Waals surface area contributed by atoms with E-state index in [9.17, 15) is 0 Å². The summed E-state index contributed by atoms with van der Waals surface area (Å²) in [7, 11) is 0. The average molecular weight is 380 g/mol. The Balaban J connectivity index is 0.00000147. The first-order valence-electron chi connectivity index (χ1n) is 7.11. The minimum atomic E-state index is 0. The lowest BCUT2D eigenvalue weighted by Crippen LogP contribution is -3.06. The fourth-order valence-electron chi connectivity index (χ4n) is 2.86. The van der Waals surface area contributed by atoms with Crippen LogP contribution in [0, 0.1) is 0 Å². The minimum absolute atomic E-state index is 0. The largest absolute Gasteiger partial charge is 1.00 e. The second-order valence-electron chi connectivity index (χ2n) is 5.13. The lowest BCUT2D eigenvalue weighted by Gasteiger charge is -2.17. The van der Waals surface area contributed by atoms with Crippen molar-refractivity contribution in [2.75, 3.05) is 24.7 Å². The van der Waals surface area contributed by atoms with Crippen molar-refractivity contribution in [3.8, 4) is 0 Å². The van der Waals surface area contributed by atoms with E-state index >= 15 is 0 Å². The number of nitrogens with one attached hydrogen (secondary N) is 1. The van der Waals surface area contributed by atoms with E-state index in [0.717, 1.165) is 26.2 Å². The number of anilines is 1. The minimum Gasteiger partial charge on any atom is -1.00 e. The molecule has 1 aliphatic rings. The molecule has 0 saturated heterocycles. The molecule has 1 unspecified atom stereocenters. The van der Waals surface area contributed by atoms with Crippen molar-refractivity contribution in [3.05, 3.63) is 60.2 Å². The van der Waals surface area contributed by atoms with E-state index in [1.807, 2.05) is 0 Å². The smallest absolute Gasteiger partial charge is 0.157 e. The SMILES string of the molecule is CC[NH+]1CN(CCc2ccccc2)c2ccccc21.[I-]. The van der Waals surface area contributed by atoms with Crippen LogP contribution in [-0.4, -0.2) is 19.8 Å². The van der Waals surface area contributed by atoms with Crippen LogP contribution in [0.5, 0.6) is 0 Å². The second kappa shape index (κ2) is 7.09. The number of fused-ring (bicyclic) bond motifs is 1. The Bertz CT molecular complexity index is 542. The van der Waals surface area contributed by atoms with Gasteiger partial charge in [0, 0.05) is 12.6 Å². The molecule has 0 aliphatic carbocycles. The lowest BCUT2D eigenvalue weighted by molar-refractivity contribution is -0.823. The molecule has 1 N–H and O–H groups in total. The summed E-state index contributed by atoms with van der Waals surface area (Å²) in [6.45, 7) is 5.61. The first-order valence-corrected chi connectivity index (χ1v) is 7.11. The number of hydrogen-bond donors (Lipinski definition) is 1. The predicted octanol–water partition coefficient (Wildman–Crippen LogP) is -0.753. The van der Waals surface area contributed by atoms with Crippen molar-refractivity contribution in [2.24, 2.45) is 0 Å². The van der Waals surface area contributed by atoms with Gasteiger partial charge in [-0.1, -0.05) is 42.5 Å². The fourth-order valence-corrected chi connectivity index (χ4v) is 2.86. The molecular weight excluding hydrogens is 359 g/mol. The van der Waals surface area contributed by atoms with Crippen LogP contribution in [-0.2, 0) is 6.42 Å². The van der Waals surface area contributed by atoms with Gasteiger partial charge in [0.2, 0.25) is 0 Å². The van der Waals surface area contributed by atoms with Crippen LogP contribution in [0.1, 0.15) is 12.5 Å². The summed E-state index contributed by atoms with van der Waals surface area (Å²) in [5, 5.41) is 0. The standard InChI is InChI=1S/C17H20N2.HI/c1-2-18-14-19(17-11-7-6-10-16(17)18)13-12-15-8-4-3-5-9-15;/h3-11H,2,12-14H2,1H3;1H. The molecule has 3 rings (SSSR count). The molecule has 1 heterocycles. The van der Waals surface area contributed by atoms with Gasteiger partial charge in [-0.15, -0.1) is 0 Å². The molecule has 0 saturated carbocycles. The van der Waals surface area contributed by atoms with Gasteiger partial charge in [-0.2, -0.15) is 0 Å². The van der Waals surface area contributed by atoms with E-state index in [1.54, 1.807) is 4.90 Å². The maximum absolute atomic E-state index is 2.52. The molecule has 0 amide bonds. The zero-order chi connectivity index (χ0) is 13.1. The number of rotatable bonds is 4. The van der Waals surface area contributed by atoms with E-state index in [-0.39, 0.29) is 24.0 Å². The normalized spacial score (nSPS) is 16.6. The van der Waals surface area contributed by atoms with Gasteiger partial charge in [0.1, 0.15) is 5.69 Å². The van der Waals surface area contributed by atoms with E-state index in [2.05, 4.69) is 66.4 Å². The van der Waals surface area contributed by atoms with Crippen LogP contribution in [0.2, 0.25) is 0 Å². The Labute approximate surface area is 138 Å². The van der Waals surface area contributed by atoms with Gasteiger partial charge in [0.15, 0.2) is 12.4 Å². The number of halogens is 1. The number of quaternary nitrogens is 1. The van der Waals surface area contributed by atoms with Crippen LogP contribution in [0.3, 0.4) is 0 Å². The molecule has 2 aromatic carbocycles. The van der Waals surface area contributed by atoms with E-state index in [4.69, 9.17) is 0 Å². The quantitative estimate of drug-likeness (QED) is 0.686. The second-order valence-corrected chi connectivity index (χ2v) is 5.13. The highest BCUT2D eigenvalue weighted by atomic mass is 127. The highest BCUT2D eigenvalue weighted by Gasteiger charge is 2.28. The fraction of sp³-hybridized carbons (Fsp3) is 0.294. The summed E-state index contributed by atoms with van der Waals surface area (Å²) in [6, 6.07) is 19.6. The van der Waals surface area contributed by atoms with Crippen molar-refractivity contribution >= 4 is 11.4 Å². The average Bonchev–Trinajstić information content (AvgIpc) is 2.84. The lowest BCUT2D eigenvalue weighted by atomic mass is 10.1. The number of benzene rings is 2. The van der Waals surface area contributed by atoms with Crippen LogP contribution >= 0.6 is 0 Å². The molecule has 1 atom stereocenters. The number of hydrogen-bond acceptors (Lipinski definition) is 1. The molecule has 1 aliphatic heterocycles. The van der Waals surface area contributed by atoms with Gasteiger partial charge in [0.05, 0.1) is 6.54 Å². The number of para-hydroxylation sites is 2. The van der Waals surface area contributed by atoms with Crippen molar-refractivity contribution in [1.82, 2.24) is 0 Å². The highest BCUT2D eigenvalue weighted by molar-refractivity contribution is 5.64. The zero-order valence-corrected chi connectivity index (χ0v) is 14.0. The predicted molar refractivity (Wildman–Crippen MR) is 80.0 cm³/mol. The molecular formula is C17H21IN2. The monoisotopic (exact) mass is 380 g/mol. The summed E-state index contributed by atoms with van der Waals surface area (Å²) in [4.78, 5) is 4.09. The molecule has 20 heavy (non-hydrogen) atoms. The van der Waals surface area contributed by atoms with Gasteiger partial charge in [-0.3, -0.25) is 4.90 Å². The Morgan fingerprint density at radius 3 is 2.45 bits per heavy atom. The Morgan fingerprint density at radius 1 is 1.00 bits per heavy atom. The first kappa shape index (κ1) is 15.3. The van der Waals surface area contributed by atoms with Crippen LogP contribution < -0.4 is 33.8 Å². The maximum Gasteiger partial charge on any atom is 0.157 e. The van der Waals surface area contributed by atoms with Gasteiger partial charge in [-0.25, -0.2) is 0 Å². The van der Waals surface area contributed by atoms with Gasteiger partial charge in [-0.05, 0) is 25.0 Å². The van der Waals surface area contributed by atoms with Crippen LogP contribution in [0.15, 0.2) is 54.6 Å². The van der Waals surface area contributed by atoms with Gasteiger partial charge < -0.3 is 28.9 Å². The van der Waals surface area contributed by atoms with Crippen molar-refractivity contribution in [2.45, 2.75) is 13.3 Å². The zero-order valence-electron chi connectivity index (χ0n) is 11.8. The molecule has 3 heteroatoms. The third-order valence-corrected chi connectivity index (χ3v) is 3.95. The number of nitrogens with zero attached hydrogens (tertiary/aromatic N) is 1. The highest BCUT2D eigenvalue weighted by Crippen LogP contribution is 2.25. The Kier molecular flexibility index (Phi) is 5.43.